The fourth-order valence-electron chi connectivity index (χ4n) is 2.90. The van der Waals surface area contributed by atoms with E-state index < -0.39 is 0 Å². The molecule has 0 aromatic heterocycles. The van der Waals surface area contributed by atoms with Crippen LogP contribution >= 0.6 is 0 Å². The van der Waals surface area contributed by atoms with E-state index in [0.717, 1.165) is 12.0 Å². The first-order chi connectivity index (χ1) is 7.81. The molecule has 0 saturated heterocycles. The summed E-state index contributed by atoms with van der Waals surface area (Å²) in [6.45, 7) is 4.60. The molecular formula is C15H23N. The van der Waals surface area contributed by atoms with Gasteiger partial charge in [0.1, 0.15) is 0 Å². The Morgan fingerprint density at radius 1 is 1.25 bits per heavy atom. The quantitative estimate of drug-likeness (QED) is 0.806. The fraction of sp³-hybridized carbons (Fsp3) is 0.600. The number of nitrogens with one attached hydrogen (secondary N) is 1. The van der Waals surface area contributed by atoms with E-state index in [9.17, 15) is 0 Å². The van der Waals surface area contributed by atoms with Crippen LogP contribution < -0.4 is 5.32 Å². The SMILES string of the molecule is CCC1CCCC1N[C@H](C)c1ccccc1. The van der Waals surface area contributed by atoms with Crippen molar-refractivity contribution in [3.8, 4) is 0 Å². The van der Waals surface area contributed by atoms with E-state index in [1.54, 1.807) is 0 Å². The lowest BCUT2D eigenvalue weighted by Crippen LogP contribution is -2.34. The van der Waals surface area contributed by atoms with Gasteiger partial charge >= 0.3 is 0 Å². The zero-order valence-corrected chi connectivity index (χ0v) is 10.4. The average Bonchev–Trinajstić information content (AvgIpc) is 2.77. The average molecular weight is 217 g/mol. The molecule has 2 rings (SSSR count). The van der Waals surface area contributed by atoms with Crippen LogP contribution in [0.3, 0.4) is 0 Å². The second-order valence-electron chi connectivity index (χ2n) is 5.00. The monoisotopic (exact) mass is 217 g/mol. The topological polar surface area (TPSA) is 12.0 Å². The minimum Gasteiger partial charge on any atom is -0.307 e. The van der Waals surface area contributed by atoms with Crippen LogP contribution in [0.2, 0.25) is 0 Å². The fourth-order valence-corrected chi connectivity index (χ4v) is 2.90. The normalized spacial score (nSPS) is 26.9. The molecule has 0 spiro atoms. The summed E-state index contributed by atoms with van der Waals surface area (Å²) < 4.78 is 0. The minimum absolute atomic E-state index is 0.485. The maximum atomic E-state index is 3.80. The highest BCUT2D eigenvalue weighted by atomic mass is 15.0. The zero-order chi connectivity index (χ0) is 11.4. The Hall–Kier alpha value is -0.820. The summed E-state index contributed by atoms with van der Waals surface area (Å²) in [4.78, 5) is 0. The van der Waals surface area contributed by atoms with Gasteiger partial charge in [-0.3, -0.25) is 0 Å². The molecule has 1 aromatic rings. The van der Waals surface area contributed by atoms with Gasteiger partial charge in [-0.25, -0.2) is 0 Å². The van der Waals surface area contributed by atoms with E-state index in [4.69, 9.17) is 0 Å². The van der Waals surface area contributed by atoms with Crippen molar-refractivity contribution in [3.63, 3.8) is 0 Å². The highest BCUT2D eigenvalue weighted by molar-refractivity contribution is 5.18. The van der Waals surface area contributed by atoms with Crippen molar-refractivity contribution in [2.45, 2.75) is 51.6 Å². The van der Waals surface area contributed by atoms with Crippen molar-refractivity contribution in [2.24, 2.45) is 5.92 Å². The molecule has 1 fully saturated rings. The maximum absolute atomic E-state index is 3.80. The van der Waals surface area contributed by atoms with E-state index in [1.807, 2.05) is 0 Å². The number of hydrogen-bond donors (Lipinski definition) is 1. The molecule has 1 heteroatoms. The van der Waals surface area contributed by atoms with Crippen molar-refractivity contribution in [2.75, 3.05) is 0 Å². The van der Waals surface area contributed by atoms with Gasteiger partial charge in [-0.15, -0.1) is 0 Å². The Kier molecular flexibility index (Phi) is 4.00. The lowest BCUT2D eigenvalue weighted by Gasteiger charge is -2.24. The first-order valence-electron chi connectivity index (χ1n) is 6.62. The molecule has 1 aliphatic carbocycles. The summed E-state index contributed by atoms with van der Waals surface area (Å²) in [5.41, 5.74) is 1.41. The molecule has 1 N–H and O–H groups in total. The first-order valence-corrected chi connectivity index (χ1v) is 6.62. The maximum Gasteiger partial charge on any atom is 0.0294 e. The van der Waals surface area contributed by atoms with E-state index in [0.29, 0.717) is 6.04 Å². The van der Waals surface area contributed by atoms with Gasteiger partial charge in [0.15, 0.2) is 0 Å². The summed E-state index contributed by atoms with van der Waals surface area (Å²) in [6.07, 6.45) is 5.49. The van der Waals surface area contributed by atoms with Gasteiger partial charge in [-0.2, -0.15) is 0 Å². The molecule has 1 saturated carbocycles. The summed E-state index contributed by atoms with van der Waals surface area (Å²) in [5, 5.41) is 3.80. The zero-order valence-electron chi connectivity index (χ0n) is 10.4. The molecule has 0 amide bonds. The Balaban J connectivity index is 1.94. The van der Waals surface area contributed by atoms with E-state index in [-0.39, 0.29) is 0 Å². The van der Waals surface area contributed by atoms with Crippen molar-refractivity contribution in [1.82, 2.24) is 5.32 Å². The van der Waals surface area contributed by atoms with Crippen molar-refractivity contribution in [1.29, 1.82) is 0 Å². The van der Waals surface area contributed by atoms with Crippen LogP contribution in [0.5, 0.6) is 0 Å². The summed E-state index contributed by atoms with van der Waals surface area (Å²) in [6, 6.07) is 12.0. The van der Waals surface area contributed by atoms with Crippen LogP contribution in [0.15, 0.2) is 30.3 Å². The highest BCUT2D eigenvalue weighted by Crippen LogP contribution is 2.29. The first kappa shape index (κ1) is 11.7. The van der Waals surface area contributed by atoms with Gasteiger partial charge in [0.25, 0.3) is 0 Å². The molecule has 2 unspecified atom stereocenters. The Morgan fingerprint density at radius 2 is 2.00 bits per heavy atom. The molecule has 0 aliphatic heterocycles. The smallest absolute Gasteiger partial charge is 0.0294 e. The molecule has 0 bridgehead atoms. The largest absolute Gasteiger partial charge is 0.307 e. The van der Waals surface area contributed by atoms with Gasteiger partial charge < -0.3 is 5.32 Å². The molecule has 0 heterocycles. The summed E-state index contributed by atoms with van der Waals surface area (Å²) in [7, 11) is 0. The van der Waals surface area contributed by atoms with Gasteiger partial charge in [-0.05, 0) is 31.2 Å². The van der Waals surface area contributed by atoms with Crippen LogP contribution in [-0.4, -0.2) is 6.04 Å². The predicted molar refractivity (Wildman–Crippen MR) is 69.4 cm³/mol. The third-order valence-corrected chi connectivity index (χ3v) is 3.95. The van der Waals surface area contributed by atoms with E-state index >= 15 is 0 Å². The van der Waals surface area contributed by atoms with Crippen LogP contribution in [-0.2, 0) is 0 Å². The second-order valence-corrected chi connectivity index (χ2v) is 5.00. The van der Waals surface area contributed by atoms with Gasteiger partial charge in [0, 0.05) is 12.1 Å². The molecule has 3 atom stereocenters. The summed E-state index contributed by atoms with van der Waals surface area (Å²) in [5.74, 6) is 0.895. The van der Waals surface area contributed by atoms with Crippen LogP contribution in [0, 0.1) is 5.92 Å². The Morgan fingerprint density at radius 3 is 2.69 bits per heavy atom. The molecule has 1 nitrogen and oxygen atoms in total. The third-order valence-electron chi connectivity index (χ3n) is 3.95. The van der Waals surface area contributed by atoms with Crippen LogP contribution in [0.4, 0.5) is 0 Å². The number of hydrogen-bond acceptors (Lipinski definition) is 1. The van der Waals surface area contributed by atoms with Gasteiger partial charge in [0.2, 0.25) is 0 Å². The van der Waals surface area contributed by atoms with E-state index in [1.165, 1.54) is 31.2 Å². The summed E-state index contributed by atoms with van der Waals surface area (Å²) >= 11 is 0. The van der Waals surface area contributed by atoms with Crippen LogP contribution in [0.1, 0.15) is 51.1 Å². The molecule has 16 heavy (non-hydrogen) atoms. The molecule has 1 aromatic carbocycles. The van der Waals surface area contributed by atoms with Crippen molar-refractivity contribution in [3.05, 3.63) is 35.9 Å². The number of benzene rings is 1. The third kappa shape index (κ3) is 2.65. The van der Waals surface area contributed by atoms with Gasteiger partial charge in [0.05, 0.1) is 0 Å². The molecule has 1 aliphatic rings. The lowest BCUT2D eigenvalue weighted by molar-refractivity contribution is 0.360. The predicted octanol–water partition coefficient (Wildman–Crippen LogP) is 3.92. The van der Waals surface area contributed by atoms with Crippen molar-refractivity contribution < 1.29 is 0 Å². The molecule has 88 valence electrons. The van der Waals surface area contributed by atoms with Gasteiger partial charge in [-0.1, -0.05) is 50.1 Å². The van der Waals surface area contributed by atoms with E-state index in [2.05, 4.69) is 49.5 Å². The Bertz CT molecular complexity index is 306. The van der Waals surface area contributed by atoms with Crippen molar-refractivity contribution >= 4 is 0 Å². The lowest BCUT2D eigenvalue weighted by atomic mass is 9.98. The van der Waals surface area contributed by atoms with Crippen LogP contribution in [0.25, 0.3) is 0 Å². The minimum atomic E-state index is 0.485. The molecule has 0 radical (unpaired) electrons. The highest BCUT2D eigenvalue weighted by Gasteiger charge is 2.26. The standard InChI is InChI=1S/C15H23N/c1-3-13-10-7-11-15(13)16-12(2)14-8-5-4-6-9-14/h4-6,8-9,12-13,15-16H,3,7,10-11H2,1-2H3/t12-,13?,15?/m1/s1. The molecular weight excluding hydrogens is 194 g/mol. The number of rotatable bonds is 4. The Labute approximate surface area is 99.3 Å². The second kappa shape index (κ2) is 5.49.